The molecule has 0 aromatic heterocycles. The predicted molar refractivity (Wildman–Crippen MR) is 75.6 cm³/mol. The number of methoxy groups -OCH3 is 1. The average molecular weight is 286 g/mol. The lowest BCUT2D eigenvalue weighted by atomic mass is 9.73. The highest BCUT2D eigenvalue weighted by atomic mass is 16.5. The molecule has 1 heterocycles. The molecule has 0 aromatic carbocycles. The summed E-state index contributed by atoms with van der Waals surface area (Å²) in [6, 6.07) is 0. The number of carboxylic acid groups (broad SMARTS) is 1. The molecule has 1 aliphatic rings. The lowest BCUT2D eigenvalue weighted by molar-refractivity contribution is -0.140. The van der Waals surface area contributed by atoms with Gasteiger partial charge in [0.25, 0.3) is 0 Å². The van der Waals surface area contributed by atoms with Gasteiger partial charge in [-0.1, -0.05) is 13.8 Å². The van der Waals surface area contributed by atoms with E-state index < -0.39 is 6.09 Å². The van der Waals surface area contributed by atoms with Crippen molar-refractivity contribution < 1.29 is 19.4 Å². The fourth-order valence-corrected chi connectivity index (χ4v) is 2.70. The number of esters is 1. The van der Waals surface area contributed by atoms with Crippen molar-refractivity contribution in [2.45, 2.75) is 33.1 Å². The summed E-state index contributed by atoms with van der Waals surface area (Å²) in [5.74, 6) is 0.300. The van der Waals surface area contributed by atoms with Gasteiger partial charge in [-0.3, -0.25) is 4.79 Å². The molecule has 0 aliphatic carbocycles. The van der Waals surface area contributed by atoms with Gasteiger partial charge in [-0.25, -0.2) is 4.79 Å². The Morgan fingerprint density at radius 2 is 1.95 bits per heavy atom. The van der Waals surface area contributed by atoms with Crippen LogP contribution in [0, 0.1) is 11.3 Å². The Balaban J connectivity index is 2.30. The Kier molecular flexibility index (Phi) is 6.26. The van der Waals surface area contributed by atoms with Crippen molar-refractivity contribution in [3.8, 4) is 0 Å². The molecule has 20 heavy (non-hydrogen) atoms. The molecule has 1 saturated heterocycles. The molecule has 0 unspecified atom stereocenters. The van der Waals surface area contributed by atoms with Crippen molar-refractivity contribution in [2.24, 2.45) is 11.3 Å². The van der Waals surface area contributed by atoms with E-state index in [0.717, 1.165) is 19.4 Å². The largest absolute Gasteiger partial charge is 0.469 e. The highest BCUT2D eigenvalue weighted by Crippen LogP contribution is 2.34. The Labute approximate surface area is 120 Å². The average Bonchev–Trinajstić information content (AvgIpc) is 2.43. The van der Waals surface area contributed by atoms with E-state index in [1.807, 2.05) is 0 Å². The van der Waals surface area contributed by atoms with Crippen LogP contribution in [-0.4, -0.2) is 55.4 Å². The summed E-state index contributed by atoms with van der Waals surface area (Å²) in [6.07, 6.45) is 1.36. The van der Waals surface area contributed by atoms with Crippen LogP contribution in [0.5, 0.6) is 0 Å². The third kappa shape index (κ3) is 5.00. The van der Waals surface area contributed by atoms with Crippen LogP contribution in [0.2, 0.25) is 0 Å². The van der Waals surface area contributed by atoms with Gasteiger partial charge in [0, 0.05) is 26.2 Å². The number of hydrogen-bond donors (Lipinski definition) is 2. The van der Waals surface area contributed by atoms with E-state index in [2.05, 4.69) is 23.9 Å². The maximum absolute atomic E-state index is 11.0. The van der Waals surface area contributed by atoms with Crippen LogP contribution >= 0.6 is 0 Å². The Morgan fingerprint density at radius 3 is 2.45 bits per heavy atom. The zero-order valence-electron chi connectivity index (χ0n) is 12.6. The summed E-state index contributed by atoms with van der Waals surface area (Å²) in [5.41, 5.74) is 0.0979. The molecule has 0 saturated carbocycles. The molecule has 1 rings (SSSR count). The van der Waals surface area contributed by atoms with Gasteiger partial charge in [-0.2, -0.15) is 0 Å². The summed E-state index contributed by atoms with van der Waals surface area (Å²) >= 11 is 0. The van der Waals surface area contributed by atoms with Gasteiger partial charge in [-0.15, -0.1) is 0 Å². The van der Waals surface area contributed by atoms with Gasteiger partial charge in [0.05, 0.1) is 13.5 Å². The first-order valence-corrected chi connectivity index (χ1v) is 7.12. The van der Waals surface area contributed by atoms with E-state index in [4.69, 9.17) is 5.11 Å². The zero-order chi connectivity index (χ0) is 15.2. The van der Waals surface area contributed by atoms with Crippen LogP contribution in [0.15, 0.2) is 0 Å². The van der Waals surface area contributed by atoms with Gasteiger partial charge < -0.3 is 20.1 Å². The Bertz CT molecular complexity index is 336. The molecule has 0 aromatic rings. The summed E-state index contributed by atoms with van der Waals surface area (Å²) in [6.45, 7) is 7.06. The van der Waals surface area contributed by atoms with Gasteiger partial charge in [0.1, 0.15) is 0 Å². The second kappa shape index (κ2) is 7.47. The maximum atomic E-state index is 11.0. The number of nitrogens with zero attached hydrogens (tertiary/aromatic N) is 1. The minimum atomic E-state index is -0.822. The first-order valence-electron chi connectivity index (χ1n) is 7.12. The molecule has 6 nitrogen and oxygen atoms in total. The van der Waals surface area contributed by atoms with Gasteiger partial charge >= 0.3 is 12.1 Å². The van der Waals surface area contributed by atoms with Gasteiger partial charge in [0.2, 0.25) is 0 Å². The number of carbonyl (C=O) groups is 2. The van der Waals surface area contributed by atoms with Gasteiger partial charge in [-0.05, 0) is 24.2 Å². The van der Waals surface area contributed by atoms with Crippen LogP contribution in [0.4, 0.5) is 4.79 Å². The quantitative estimate of drug-likeness (QED) is 0.572. The molecule has 6 heteroatoms. The molecular formula is C14H26N2O4. The third-order valence-electron chi connectivity index (χ3n) is 4.18. The summed E-state index contributed by atoms with van der Waals surface area (Å²) in [4.78, 5) is 23.4. The normalized spacial score (nSPS) is 17.1. The molecule has 116 valence electrons. The second-order valence-electron chi connectivity index (χ2n) is 6.04. The van der Waals surface area contributed by atoms with Crippen LogP contribution in [0.25, 0.3) is 0 Å². The standard InChI is InChI=1S/C14H26N2O4/c1-14(2,10-15-7-4-12(17)20-3)11-5-8-16(9-6-11)13(18)19/h11,15H,4-10H2,1-3H3,(H,18,19). The number of hydrogen-bond acceptors (Lipinski definition) is 4. The fraction of sp³-hybridized carbons (Fsp3) is 0.857. The number of rotatable bonds is 6. The zero-order valence-corrected chi connectivity index (χ0v) is 12.6. The minimum absolute atomic E-state index is 0.0979. The second-order valence-corrected chi connectivity index (χ2v) is 6.04. The first-order chi connectivity index (χ1) is 9.36. The lowest BCUT2D eigenvalue weighted by Crippen LogP contribution is -2.44. The number of ether oxygens (including phenoxy) is 1. The number of likely N-dealkylation sites (tertiary alicyclic amines) is 1. The smallest absolute Gasteiger partial charge is 0.407 e. The van der Waals surface area contributed by atoms with Crippen molar-refractivity contribution in [3.05, 3.63) is 0 Å². The van der Waals surface area contributed by atoms with E-state index in [1.54, 1.807) is 0 Å². The molecule has 1 fully saturated rings. The van der Waals surface area contributed by atoms with Crippen molar-refractivity contribution in [1.82, 2.24) is 10.2 Å². The first kappa shape index (κ1) is 16.8. The van der Waals surface area contributed by atoms with Gasteiger partial charge in [0.15, 0.2) is 0 Å². The Morgan fingerprint density at radius 1 is 1.35 bits per heavy atom. The number of amides is 1. The molecule has 2 N–H and O–H groups in total. The molecule has 0 radical (unpaired) electrons. The maximum Gasteiger partial charge on any atom is 0.407 e. The lowest BCUT2D eigenvalue weighted by Gasteiger charge is -2.40. The van der Waals surface area contributed by atoms with E-state index in [0.29, 0.717) is 32.0 Å². The number of carbonyl (C=O) groups excluding carboxylic acids is 1. The SMILES string of the molecule is COC(=O)CCNCC(C)(C)C1CCN(C(=O)O)CC1. The van der Waals surface area contributed by atoms with Crippen LogP contribution in [0.1, 0.15) is 33.1 Å². The van der Waals surface area contributed by atoms with Crippen molar-refractivity contribution >= 4 is 12.1 Å². The molecule has 0 spiro atoms. The summed E-state index contributed by atoms with van der Waals surface area (Å²) in [7, 11) is 1.39. The van der Waals surface area contributed by atoms with E-state index >= 15 is 0 Å². The fourth-order valence-electron chi connectivity index (χ4n) is 2.70. The van der Waals surface area contributed by atoms with E-state index in [9.17, 15) is 9.59 Å². The molecule has 1 amide bonds. The van der Waals surface area contributed by atoms with Crippen molar-refractivity contribution in [3.63, 3.8) is 0 Å². The third-order valence-corrected chi connectivity index (χ3v) is 4.18. The van der Waals surface area contributed by atoms with E-state index in [-0.39, 0.29) is 11.4 Å². The highest BCUT2D eigenvalue weighted by Gasteiger charge is 2.33. The number of piperidine rings is 1. The summed E-state index contributed by atoms with van der Waals surface area (Å²) in [5, 5.41) is 12.2. The van der Waals surface area contributed by atoms with E-state index in [1.165, 1.54) is 12.0 Å². The summed E-state index contributed by atoms with van der Waals surface area (Å²) < 4.78 is 4.59. The molecule has 0 bridgehead atoms. The Hall–Kier alpha value is -1.30. The molecule has 0 atom stereocenters. The minimum Gasteiger partial charge on any atom is -0.469 e. The van der Waals surface area contributed by atoms with Crippen LogP contribution in [0.3, 0.4) is 0 Å². The van der Waals surface area contributed by atoms with Crippen LogP contribution in [-0.2, 0) is 9.53 Å². The molecule has 1 aliphatic heterocycles. The predicted octanol–water partition coefficient (Wildman–Crippen LogP) is 1.56. The number of nitrogens with one attached hydrogen (secondary N) is 1. The highest BCUT2D eigenvalue weighted by molar-refractivity contribution is 5.69. The van der Waals surface area contributed by atoms with Crippen LogP contribution < -0.4 is 5.32 Å². The van der Waals surface area contributed by atoms with Crippen molar-refractivity contribution in [2.75, 3.05) is 33.3 Å². The monoisotopic (exact) mass is 286 g/mol. The topological polar surface area (TPSA) is 78.9 Å². The molecular weight excluding hydrogens is 260 g/mol. The van der Waals surface area contributed by atoms with Crippen molar-refractivity contribution in [1.29, 1.82) is 0 Å².